The molecule has 0 amide bonds. The molecule has 2 heteroatoms. The van der Waals surface area contributed by atoms with E-state index >= 15 is 0 Å². The van der Waals surface area contributed by atoms with E-state index in [4.69, 9.17) is 5.73 Å². The fraction of sp³-hybridized carbons (Fsp3) is 1.00. The van der Waals surface area contributed by atoms with Crippen molar-refractivity contribution in [2.75, 3.05) is 26.2 Å². The predicted molar refractivity (Wildman–Crippen MR) is 60.1 cm³/mol. The van der Waals surface area contributed by atoms with Crippen LogP contribution in [0, 0.1) is 17.8 Å². The third-order valence-electron chi connectivity index (χ3n) is 3.40. The Morgan fingerprint density at radius 2 is 1.64 bits per heavy atom. The summed E-state index contributed by atoms with van der Waals surface area (Å²) in [6.07, 6.45) is 5.88. The molecule has 82 valence electrons. The molecule has 2 fully saturated rings. The maximum absolute atomic E-state index is 5.69. The van der Waals surface area contributed by atoms with Crippen molar-refractivity contribution in [3.63, 3.8) is 0 Å². The van der Waals surface area contributed by atoms with Crippen LogP contribution in [0.4, 0.5) is 0 Å². The van der Waals surface area contributed by atoms with Crippen LogP contribution in [0.1, 0.15) is 32.6 Å². The lowest BCUT2D eigenvalue weighted by atomic mass is 10.1. The Labute approximate surface area is 87.8 Å². The normalized spacial score (nSPS) is 24.2. The summed E-state index contributed by atoms with van der Waals surface area (Å²) in [6.45, 7) is 7.03. The monoisotopic (exact) mass is 196 g/mol. The van der Waals surface area contributed by atoms with Gasteiger partial charge in [0.15, 0.2) is 0 Å². The molecule has 0 bridgehead atoms. The van der Waals surface area contributed by atoms with Crippen molar-refractivity contribution in [2.45, 2.75) is 32.6 Å². The van der Waals surface area contributed by atoms with Crippen LogP contribution in [0.15, 0.2) is 0 Å². The maximum atomic E-state index is 5.69. The van der Waals surface area contributed by atoms with Gasteiger partial charge in [0.1, 0.15) is 0 Å². The van der Waals surface area contributed by atoms with Crippen molar-refractivity contribution < 1.29 is 0 Å². The fourth-order valence-corrected chi connectivity index (χ4v) is 2.07. The Bertz CT molecular complexity index is 159. The molecule has 0 aliphatic heterocycles. The third-order valence-corrected chi connectivity index (χ3v) is 3.40. The van der Waals surface area contributed by atoms with Gasteiger partial charge in [-0.1, -0.05) is 6.92 Å². The topological polar surface area (TPSA) is 29.3 Å². The van der Waals surface area contributed by atoms with Gasteiger partial charge in [0.05, 0.1) is 0 Å². The largest absolute Gasteiger partial charge is 0.330 e. The fourth-order valence-electron chi connectivity index (χ4n) is 2.07. The minimum absolute atomic E-state index is 0.674. The van der Waals surface area contributed by atoms with E-state index in [-0.39, 0.29) is 0 Å². The molecule has 1 unspecified atom stereocenters. The number of hydrogen-bond donors (Lipinski definition) is 1. The van der Waals surface area contributed by atoms with Gasteiger partial charge < -0.3 is 10.6 Å². The molecule has 2 aliphatic rings. The smallest absolute Gasteiger partial charge is 0.00193 e. The highest BCUT2D eigenvalue weighted by Crippen LogP contribution is 2.33. The number of nitrogens with two attached hydrogens (primary N) is 1. The summed E-state index contributed by atoms with van der Waals surface area (Å²) in [5.41, 5.74) is 5.69. The zero-order valence-electron chi connectivity index (χ0n) is 9.41. The van der Waals surface area contributed by atoms with Gasteiger partial charge in [0.25, 0.3) is 0 Å². The van der Waals surface area contributed by atoms with Gasteiger partial charge in [-0.2, -0.15) is 0 Å². The zero-order valence-corrected chi connectivity index (χ0v) is 9.41. The quantitative estimate of drug-likeness (QED) is 0.671. The van der Waals surface area contributed by atoms with Crippen molar-refractivity contribution >= 4 is 0 Å². The standard InChI is InChI=1S/C12H24N2/c1-10(6-13)7-14(8-11-2-3-11)9-12-4-5-12/h10-12H,2-9,13H2,1H3. The zero-order chi connectivity index (χ0) is 9.97. The molecule has 0 spiro atoms. The molecule has 2 rings (SSSR count). The first-order valence-corrected chi connectivity index (χ1v) is 6.20. The number of hydrogen-bond acceptors (Lipinski definition) is 2. The Morgan fingerprint density at radius 1 is 1.14 bits per heavy atom. The maximum Gasteiger partial charge on any atom is 0.00193 e. The van der Waals surface area contributed by atoms with Gasteiger partial charge in [-0.05, 0) is 50.0 Å². The summed E-state index contributed by atoms with van der Waals surface area (Å²) in [5, 5.41) is 0. The average molecular weight is 196 g/mol. The molecule has 0 aromatic carbocycles. The van der Waals surface area contributed by atoms with Crippen LogP contribution in [-0.4, -0.2) is 31.1 Å². The van der Waals surface area contributed by atoms with Crippen LogP contribution >= 0.6 is 0 Å². The second-order valence-electron chi connectivity index (χ2n) is 5.45. The Kier molecular flexibility index (Phi) is 3.45. The molecule has 0 heterocycles. The number of rotatable bonds is 7. The first-order chi connectivity index (χ1) is 6.78. The molecule has 1 atom stereocenters. The second-order valence-corrected chi connectivity index (χ2v) is 5.45. The molecule has 2 saturated carbocycles. The minimum atomic E-state index is 0.674. The van der Waals surface area contributed by atoms with E-state index in [1.165, 1.54) is 45.3 Å². The molecule has 0 saturated heterocycles. The SMILES string of the molecule is CC(CN)CN(CC1CC1)CC1CC1. The van der Waals surface area contributed by atoms with Crippen molar-refractivity contribution in [2.24, 2.45) is 23.5 Å². The summed E-state index contributed by atoms with van der Waals surface area (Å²) >= 11 is 0. The van der Waals surface area contributed by atoms with Gasteiger partial charge in [-0.3, -0.25) is 0 Å². The van der Waals surface area contributed by atoms with Crippen LogP contribution in [0.2, 0.25) is 0 Å². The van der Waals surface area contributed by atoms with E-state index in [9.17, 15) is 0 Å². The lowest BCUT2D eigenvalue weighted by Gasteiger charge is -2.25. The van der Waals surface area contributed by atoms with E-state index in [1.807, 2.05) is 0 Å². The van der Waals surface area contributed by atoms with Gasteiger partial charge in [0.2, 0.25) is 0 Å². The molecule has 0 aromatic rings. The van der Waals surface area contributed by atoms with Crippen LogP contribution in [0.5, 0.6) is 0 Å². The van der Waals surface area contributed by atoms with E-state index in [0.29, 0.717) is 5.92 Å². The van der Waals surface area contributed by atoms with Crippen molar-refractivity contribution in [1.29, 1.82) is 0 Å². The van der Waals surface area contributed by atoms with Gasteiger partial charge in [0, 0.05) is 19.6 Å². The third kappa shape index (κ3) is 3.58. The summed E-state index contributed by atoms with van der Waals surface area (Å²) in [5.74, 6) is 2.73. The number of nitrogens with zero attached hydrogens (tertiary/aromatic N) is 1. The summed E-state index contributed by atoms with van der Waals surface area (Å²) in [7, 11) is 0. The minimum Gasteiger partial charge on any atom is -0.330 e. The van der Waals surface area contributed by atoms with Crippen LogP contribution in [0.3, 0.4) is 0 Å². The Balaban J connectivity index is 1.71. The second kappa shape index (κ2) is 4.63. The molecule has 2 N–H and O–H groups in total. The van der Waals surface area contributed by atoms with Crippen molar-refractivity contribution in [1.82, 2.24) is 4.90 Å². The highest BCUT2D eigenvalue weighted by Gasteiger charge is 2.29. The molecule has 2 aliphatic carbocycles. The summed E-state index contributed by atoms with van der Waals surface area (Å²) in [6, 6.07) is 0. The van der Waals surface area contributed by atoms with Gasteiger partial charge in [-0.25, -0.2) is 0 Å². The van der Waals surface area contributed by atoms with Gasteiger partial charge >= 0.3 is 0 Å². The van der Waals surface area contributed by atoms with E-state index < -0.39 is 0 Å². The predicted octanol–water partition coefficient (Wildman–Crippen LogP) is 1.70. The van der Waals surface area contributed by atoms with Crippen LogP contribution in [-0.2, 0) is 0 Å². The van der Waals surface area contributed by atoms with E-state index in [0.717, 1.165) is 18.4 Å². The Hall–Kier alpha value is -0.0800. The van der Waals surface area contributed by atoms with Crippen molar-refractivity contribution in [3.8, 4) is 0 Å². The molecule has 14 heavy (non-hydrogen) atoms. The van der Waals surface area contributed by atoms with Crippen molar-refractivity contribution in [3.05, 3.63) is 0 Å². The summed E-state index contributed by atoms with van der Waals surface area (Å²) in [4.78, 5) is 2.67. The Morgan fingerprint density at radius 3 is 2.00 bits per heavy atom. The molecular formula is C12H24N2. The highest BCUT2D eigenvalue weighted by atomic mass is 15.1. The van der Waals surface area contributed by atoms with Gasteiger partial charge in [-0.15, -0.1) is 0 Å². The van der Waals surface area contributed by atoms with Crippen LogP contribution in [0.25, 0.3) is 0 Å². The molecule has 2 nitrogen and oxygen atoms in total. The molecule has 0 radical (unpaired) electrons. The summed E-state index contributed by atoms with van der Waals surface area (Å²) < 4.78 is 0. The molecule has 0 aromatic heterocycles. The molecular weight excluding hydrogens is 172 g/mol. The van der Waals surface area contributed by atoms with E-state index in [2.05, 4.69) is 11.8 Å². The lowest BCUT2D eigenvalue weighted by molar-refractivity contribution is 0.222. The first-order valence-electron chi connectivity index (χ1n) is 6.20. The van der Waals surface area contributed by atoms with Crippen LogP contribution < -0.4 is 5.73 Å². The lowest BCUT2D eigenvalue weighted by Crippen LogP contribution is -2.34. The average Bonchev–Trinajstić information content (AvgIpc) is 2.99. The highest BCUT2D eigenvalue weighted by molar-refractivity contribution is 4.82. The van der Waals surface area contributed by atoms with E-state index in [1.54, 1.807) is 0 Å². The first kappa shape index (κ1) is 10.4.